The summed E-state index contributed by atoms with van der Waals surface area (Å²) in [5, 5.41) is 2.31. The van der Waals surface area contributed by atoms with Crippen molar-refractivity contribution < 1.29 is 19.2 Å². The van der Waals surface area contributed by atoms with Gasteiger partial charge < -0.3 is 11.1 Å². The average molecular weight is 272 g/mol. The maximum atomic E-state index is 12.3. The van der Waals surface area contributed by atoms with Gasteiger partial charge in [0.05, 0.1) is 11.3 Å². The molecule has 1 fully saturated rings. The van der Waals surface area contributed by atoms with Gasteiger partial charge in [0.15, 0.2) is 17.3 Å². The largest absolute Gasteiger partial charge is 0.351 e. The Bertz CT molecular complexity index is 661. The molecular weight excluding hydrogens is 260 g/mol. The molecule has 0 aromatic heterocycles. The van der Waals surface area contributed by atoms with Crippen molar-refractivity contribution in [2.45, 2.75) is 12.8 Å². The fourth-order valence-corrected chi connectivity index (χ4v) is 2.54. The van der Waals surface area contributed by atoms with Crippen LogP contribution in [0.3, 0.4) is 0 Å². The van der Waals surface area contributed by atoms with E-state index in [1.165, 1.54) is 12.1 Å². The lowest BCUT2D eigenvalue weighted by Crippen LogP contribution is -2.27. The molecule has 0 bridgehead atoms. The number of hydrogen-bond acceptors (Lipinski definition) is 4. The Labute approximate surface area is 114 Å². The van der Waals surface area contributed by atoms with Crippen LogP contribution in [-0.2, 0) is 4.79 Å². The van der Waals surface area contributed by atoms with Crippen molar-refractivity contribution in [2.24, 2.45) is 17.6 Å². The highest BCUT2D eigenvalue weighted by Crippen LogP contribution is 2.39. The Balaban J connectivity index is 2.04. The van der Waals surface area contributed by atoms with Gasteiger partial charge in [-0.1, -0.05) is 12.1 Å². The van der Waals surface area contributed by atoms with Crippen LogP contribution in [0.2, 0.25) is 0 Å². The van der Waals surface area contributed by atoms with Crippen LogP contribution in [0.15, 0.2) is 18.2 Å². The molecular formula is C14H12N2O4. The normalized spacial score (nSPS) is 20.7. The summed E-state index contributed by atoms with van der Waals surface area (Å²) in [6.07, 6.45) is 1.47. The number of urea groups is 1. The zero-order valence-corrected chi connectivity index (χ0v) is 10.5. The van der Waals surface area contributed by atoms with E-state index in [1.807, 2.05) is 0 Å². The van der Waals surface area contributed by atoms with Gasteiger partial charge in [0.2, 0.25) is 0 Å². The molecule has 6 nitrogen and oxygen atoms in total. The van der Waals surface area contributed by atoms with Crippen LogP contribution in [0, 0.1) is 11.8 Å². The first-order chi connectivity index (χ1) is 9.50. The third-order valence-corrected chi connectivity index (χ3v) is 3.62. The fraction of sp³-hybridized carbons (Fsp3) is 0.286. The van der Waals surface area contributed by atoms with Gasteiger partial charge in [0.1, 0.15) is 5.92 Å². The number of rotatable bonds is 3. The molecule has 0 spiro atoms. The van der Waals surface area contributed by atoms with E-state index in [0.29, 0.717) is 0 Å². The number of Topliss-reactive ketones (excluding diaryl/α,β-unsaturated/α-hetero) is 3. The fourth-order valence-electron chi connectivity index (χ4n) is 2.54. The summed E-state index contributed by atoms with van der Waals surface area (Å²) in [5.74, 6) is -2.73. The minimum Gasteiger partial charge on any atom is -0.351 e. The Morgan fingerprint density at radius 3 is 2.45 bits per heavy atom. The van der Waals surface area contributed by atoms with Crippen LogP contribution < -0.4 is 11.1 Å². The average Bonchev–Trinajstić information content (AvgIpc) is 3.18. The number of ketones is 3. The number of fused-ring (bicyclic) bond motifs is 1. The van der Waals surface area contributed by atoms with Crippen molar-refractivity contribution in [3.63, 3.8) is 0 Å². The maximum Gasteiger partial charge on any atom is 0.316 e. The zero-order valence-electron chi connectivity index (χ0n) is 10.5. The highest BCUT2D eigenvalue weighted by Gasteiger charge is 2.48. The van der Waals surface area contributed by atoms with E-state index in [1.54, 1.807) is 6.07 Å². The number of primary amides is 1. The maximum absolute atomic E-state index is 12.3. The first kappa shape index (κ1) is 12.5. The monoisotopic (exact) mass is 272 g/mol. The number of nitrogens with one attached hydrogen (secondary N) is 1. The van der Waals surface area contributed by atoms with Gasteiger partial charge in [-0.25, -0.2) is 4.79 Å². The molecule has 0 saturated heterocycles. The van der Waals surface area contributed by atoms with Crippen molar-refractivity contribution in [1.82, 2.24) is 0 Å². The molecule has 1 atom stereocenters. The second-order valence-corrected chi connectivity index (χ2v) is 5.06. The first-order valence-corrected chi connectivity index (χ1v) is 6.32. The second kappa shape index (κ2) is 4.26. The van der Waals surface area contributed by atoms with E-state index in [9.17, 15) is 19.2 Å². The first-order valence-electron chi connectivity index (χ1n) is 6.32. The smallest absolute Gasteiger partial charge is 0.316 e. The van der Waals surface area contributed by atoms with Crippen molar-refractivity contribution in [3.8, 4) is 0 Å². The number of amides is 2. The lowest BCUT2D eigenvalue weighted by atomic mass is 9.95. The predicted octanol–water partition coefficient (Wildman–Crippen LogP) is 1.15. The predicted molar refractivity (Wildman–Crippen MR) is 69.5 cm³/mol. The zero-order chi connectivity index (χ0) is 14.4. The third-order valence-electron chi connectivity index (χ3n) is 3.62. The number of anilines is 1. The molecule has 0 radical (unpaired) electrons. The second-order valence-electron chi connectivity index (χ2n) is 5.06. The molecule has 2 aliphatic rings. The Morgan fingerprint density at radius 2 is 1.85 bits per heavy atom. The van der Waals surface area contributed by atoms with Gasteiger partial charge >= 0.3 is 6.03 Å². The summed E-state index contributed by atoms with van der Waals surface area (Å²) in [7, 11) is 0. The standard InChI is InChI=1S/C14H12N2O4/c15-14(20)16-8-3-1-2-7-9(8)13(19)10(12(7)18)11(17)6-4-5-6/h1-3,6,10H,4-5H2,(H3,15,16,20). The minimum atomic E-state index is -1.24. The number of carbonyl (C=O) groups excluding carboxylic acids is 4. The molecule has 0 aliphatic heterocycles. The molecule has 102 valence electrons. The van der Waals surface area contributed by atoms with Gasteiger partial charge in [-0.2, -0.15) is 0 Å². The van der Waals surface area contributed by atoms with E-state index in [2.05, 4.69) is 5.32 Å². The van der Waals surface area contributed by atoms with Crippen LogP contribution in [-0.4, -0.2) is 23.4 Å². The molecule has 1 unspecified atom stereocenters. The lowest BCUT2D eigenvalue weighted by Gasteiger charge is -2.06. The van der Waals surface area contributed by atoms with Gasteiger partial charge in [0, 0.05) is 11.5 Å². The van der Waals surface area contributed by atoms with Gasteiger partial charge in [0.25, 0.3) is 0 Å². The molecule has 20 heavy (non-hydrogen) atoms. The van der Waals surface area contributed by atoms with Crippen LogP contribution >= 0.6 is 0 Å². The van der Waals surface area contributed by atoms with E-state index in [0.717, 1.165) is 12.8 Å². The van der Waals surface area contributed by atoms with Crippen molar-refractivity contribution >= 4 is 29.1 Å². The van der Waals surface area contributed by atoms with Crippen molar-refractivity contribution in [3.05, 3.63) is 29.3 Å². The Hall–Kier alpha value is -2.50. The van der Waals surface area contributed by atoms with Crippen LogP contribution in [0.4, 0.5) is 10.5 Å². The third kappa shape index (κ3) is 1.80. The number of hydrogen-bond donors (Lipinski definition) is 2. The van der Waals surface area contributed by atoms with E-state index in [4.69, 9.17) is 5.73 Å². The Morgan fingerprint density at radius 1 is 1.15 bits per heavy atom. The molecule has 0 heterocycles. The number of benzene rings is 1. The molecule has 2 amide bonds. The summed E-state index contributed by atoms with van der Waals surface area (Å²) < 4.78 is 0. The summed E-state index contributed by atoms with van der Waals surface area (Å²) in [4.78, 5) is 47.6. The molecule has 3 rings (SSSR count). The Kier molecular flexibility index (Phi) is 2.67. The van der Waals surface area contributed by atoms with Crippen molar-refractivity contribution in [2.75, 3.05) is 5.32 Å². The molecule has 1 aromatic rings. The number of carbonyl (C=O) groups is 4. The quantitative estimate of drug-likeness (QED) is 0.805. The topological polar surface area (TPSA) is 106 Å². The van der Waals surface area contributed by atoms with Crippen LogP contribution in [0.1, 0.15) is 33.6 Å². The summed E-state index contributed by atoms with van der Waals surface area (Å²) in [6.45, 7) is 0. The van der Waals surface area contributed by atoms with Crippen LogP contribution in [0.5, 0.6) is 0 Å². The van der Waals surface area contributed by atoms with Gasteiger partial charge in [-0.05, 0) is 18.9 Å². The molecule has 2 aliphatic carbocycles. The SMILES string of the molecule is NC(=O)Nc1cccc2c1C(=O)C(C(=O)C1CC1)C2=O. The van der Waals surface area contributed by atoms with E-state index < -0.39 is 23.5 Å². The van der Waals surface area contributed by atoms with Crippen molar-refractivity contribution in [1.29, 1.82) is 0 Å². The molecule has 3 N–H and O–H groups in total. The van der Waals surface area contributed by atoms with Gasteiger partial charge in [-0.3, -0.25) is 14.4 Å². The highest BCUT2D eigenvalue weighted by molar-refractivity contribution is 6.37. The lowest BCUT2D eigenvalue weighted by molar-refractivity contribution is -0.121. The van der Waals surface area contributed by atoms with E-state index >= 15 is 0 Å². The minimum absolute atomic E-state index is 0.0929. The molecule has 1 aromatic carbocycles. The number of nitrogens with two attached hydrogens (primary N) is 1. The van der Waals surface area contributed by atoms with Crippen LogP contribution in [0.25, 0.3) is 0 Å². The molecule has 1 saturated carbocycles. The highest BCUT2D eigenvalue weighted by atomic mass is 16.2. The van der Waals surface area contributed by atoms with Gasteiger partial charge in [-0.15, -0.1) is 0 Å². The summed E-state index contributed by atoms with van der Waals surface area (Å²) in [6, 6.07) is 3.69. The summed E-state index contributed by atoms with van der Waals surface area (Å²) in [5.41, 5.74) is 5.49. The van der Waals surface area contributed by atoms with E-state index in [-0.39, 0.29) is 28.5 Å². The molecule has 6 heteroatoms. The summed E-state index contributed by atoms with van der Waals surface area (Å²) >= 11 is 0.